The maximum atomic E-state index is 13.2. The number of aromatic nitrogens is 2. The lowest BCUT2D eigenvalue weighted by Gasteiger charge is -2.09. The molecule has 0 saturated heterocycles. The minimum Gasteiger partial charge on any atom is -0.339 e. The number of carbonyl (C=O) groups is 1. The summed E-state index contributed by atoms with van der Waals surface area (Å²) in [7, 11) is 0. The van der Waals surface area contributed by atoms with E-state index in [1.54, 1.807) is 0 Å². The van der Waals surface area contributed by atoms with Crippen molar-refractivity contribution in [3.05, 3.63) is 77.0 Å². The average Bonchev–Trinajstić information content (AvgIpc) is 2.66. The van der Waals surface area contributed by atoms with Crippen molar-refractivity contribution in [2.45, 2.75) is 19.8 Å². The number of amides is 1. The second-order valence-electron chi connectivity index (χ2n) is 6.27. The van der Waals surface area contributed by atoms with Gasteiger partial charge in [0.15, 0.2) is 0 Å². The molecule has 7 heteroatoms. The maximum absolute atomic E-state index is 13.2. The van der Waals surface area contributed by atoms with Gasteiger partial charge < -0.3 is 10.6 Å². The molecule has 5 nitrogen and oxygen atoms in total. The van der Waals surface area contributed by atoms with Crippen molar-refractivity contribution >= 4 is 34.7 Å². The first-order valence-electron chi connectivity index (χ1n) is 8.38. The van der Waals surface area contributed by atoms with Crippen LogP contribution in [0.3, 0.4) is 0 Å². The van der Waals surface area contributed by atoms with Crippen molar-refractivity contribution in [3.63, 3.8) is 0 Å². The number of benzene rings is 2. The molecule has 0 aliphatic rings. The number of hydrogen-bond donors (Lipinski definition) is 2. The molecule has 3 rings (SSSR count). The van der Waals surface area contributed by atoms with Gasteiger partial charge in [-0.25, -0.2) is 14.4 Å². The molecular formula is C20H18ClFN4O. The quantitative estimate of drug-likeness (QED) is 0.619. The van der Waals surface area contributed by atoms with Gasteiger partial charge in [0.2, 0.25) is 0 Å². The molecule has 0 fully saturated rings. The molecule has 0 radical (unpaired) electrons. The largest absolute Gasteiger partial charge is 0.339 e. The van der Waals surface area contributed by atoms with Gasteiger partial charge in [0.1, 0.15) is 17.3 Å². The van der Waals surface area contributed by atoms with Crippen LogP contribution in [0.25, 0.3) is 0 Å². The maximum Gasteiger partial charge on any atom is 0.275 e. The topological polar surface area (TPSA) is 66.9 Å². The van der Waals surface area contributed by atoms with Gasteiger partial charge in [-0.15, -0.1) is 0 Å². The highest BCUT2D eigenvalue weighted by Gasteiger charge is 2.10. The molecule has 1 aromatic heterocycles. The van der Waals surface area contributed by atoms with Crippen molar-refractivity contribution < 1.29 is 9.18 Å². The lowest BCUT2D eigenvalue weighted by molar-refractivity contribution is 0.102. The zero-order valence-corrected chi connectivity index (χ0v) is 15.6. The third-order valence-corrected chi connectivity index (χ3v) is 4.20. The molecule has 1 amide bonds. The van der Waals surface area contributed by atoms with Crippen LogP contribution in [0.5, 0.6) is 0 Å². The molecule has 1 heterocycles. The second kappa shape index (κ2) is 8.14. The van der Waals surface area contributed by atoms with Crippen molar-refractivity contribution in [3.8, 4) is 0 Å². The standard InChI is InChI=1S/C20H18ClFN4O/c1-12(2)13-3-5-14(6-4-13)25-19-11-23-18(10-24-19)20(27)26-15-7-8-17(22)16(21)9-15/h3-12H,1-2H3,(H,24,25)(H,26,27). The fraction of sp³-hybridized carbons (Fsp3) is 0.150. The molecule has 0 atom stereocenters. The fourth-order valence-electron chi connectivity index (χ4n) is 2.38. The average molecular weight is 385 g/mol. The molecule has 0 spiro atoms. The number of nitrogens with zero attached hydrogens (tertiary/aromatic N) is 2. The molecule has 0 aliphatic carbocycles. The van der Waals surface area contributed by atoms with E-state index < -0.39 is 11.7 Å². The summed E-state index contributed by atoms with van der Waals surface area (Å²) >= 11 is 5.71. The Morgan fingerprint density at radius 3 is 2.33 bits per heavy atom. The molecule has 3 aromatic rings. The summed E-state index contributed by atoms with van der Waals surface area (Å²) in [6.07, 6.45) is 2.84. The van der Waals surface area contributed by atoms with Gasteiger partial charge in [0.25, 0.3) is 5.91 Å². The van der Waals surface area contributed by atoms with Gasteiger partial charge in [-0.2, -0.15) is 0 Å². The number of hydrogen-bond acceptors (Lipinski definition) is 4. The van der Waals surface area contributed by atoms with Crippen molar-refractivity contribution in [1.29, 1.82) is 0 Å². The number of nitrogens with one attached hydrogen (secondary N) is 2. The van der Waals surface area contributed by atoms with Crippen LogP contribution in [0.15, 0.2) is 54.9 Å². The number of rotatable bonds is 5. The molecule has 0 saturated carbocycles. The van der Waals surface area contributed by atoms with Gasteiger partial charge >= 0.3 is 0 Å². The van der Waals surface area contributed by atoms with Crippen LogP contribution in [0.4, 0.5) is 21.6 Å². The molecule has 138 valence electrons. The van der Waals surface area contributed by atoms with E-state index in [2.05, 4.69) is 46.6 Å². The first-order valence-corrected chi connectivity index (χ1v) is 8.75. The minimum atomic E-state index is -0.550. The third-order valence-electron chi connectivity index (χ3n) is 3.91. The Hall–Kier alpha value is -2.99. The molecular weight excluding hydrogens is 367 g/mol. The van der Waals surface area contributed by atoms with Crippen LogP contribution >= 0.6 is 11.6 Å². The van der Waals surface area contributed by atoms with Gasteiger partial charge in [-0.3, -0.25) is 4.79 Å². The van der Waals surface area contributed by atoms with E-state index in [4.69, 9.17) is 11.6 Å². The Labute approximate surface area is 161 Å². The van der Waals surface area contributed by atoms with Crippen molar-refractivity contribution in [2.75, 3.05) is 10.6 Å². The normalized spacial score (nSPS) is 10.7. The van der Waals surface area contributed by atoms with Crippen LogP contribution in [0, 0.1) is 5.82 Å². The summed E-state index contributed by atoms with van der Waals surface area (Å²) < 4.78 is 13.2. The fourth-order valence-corrected chi connectivity index (χ4v) is 2.56. The zero-order valence-electron chi connectivity index (χ0n) is 14.8. The molecule has 0 aliphatic heterocycles. The van der Waals surface area contributed by atoms with Crippen LogP contribution < -0.4 is 10.6 Å². The highest BCUT2D eigenvalue weighted by atomic mass is 35.5. The molecule has 0 unspecified atom stereocenters. The summed E-state index contributed by atoms with van der Waals surface area (Å²) in [4.78, 5) is 20.5. The van der Waals surface area contributed by atoms with Gasteiger partial charge in [-0.05, 0) is 41.8 Å². The van der Waals surface area contributed by atoms with E-state index in [1.807, 2.05) is 12.1 Å². The minimum absolute atomic E-state index is 0.0677. The molecule has 27 heavy (non-hydrogen) atoms. The smallest absolute Gasteiger partial charge is 0.275 e. The molecule has 2 N–H and O–H groups in total. The van der Waals surface area contributed by atoms with Gasteiger partial charge in [0, 0.05) is 11.4 Å². The highest BCUT2D eigenvalue weighted by Crippen LogP contribution is 2.21. The summed E-state index contributed by atoms with van der Waals surface area (Å²) in [6.45, 7) is 4.27. The Morgan fingerprint density at radius 2 is 1.74 bits per heavy atom. The van der Waals surface area contributed by atoms with Crippen LogP contribution in [-0.4, -0.2) is 15.9 Å². The third kappa shape index (κ3) is 4.80. The SMILES string of the molecule is CC(C)c1ccc(Nc2cnc(C(=O)Nc3ccc(F)c(Cl)c3)cn2)cc1. The van der Waals surface area contributed by atoms with E-state index >= 15 is 0 Å². The monoisotopic (exact) mass is 384 g/mol. The molecule has 0 bridgehead atoms. The van der Waals surface area contributed by atoms with Crippen molar-refractivity contribution in [2.24, 2.45) is 0 Å². The first kappa shape index (κ1) is 18.8. The van der Waals surface area contributed by atoms with Crippen LogP contribution in [0.1, 0.15) is 35.8 Å². The summed E-state index contributed by atoms with van der Waals surface area (Å²) in [6, 6.07) is 12.0. The Kier molecular flexibility index (Phi) is 5.66. The van der Waals surface area contributed by atoms with E-state index in [0.29, 0.717) is 17.4 Å². The lowest BCUT2D eigenvalue weighted by Crippen LogP contribution is -2.14. The van der Waals surface area contributed by atoms with Crippen LogP contribution in [-0.2, 0) is 0 Å². The van der Waals surface area contributed by atoms with E-state index in [0.717, 1.165) is 5.69 Å². The van der Waals surface area contributed by atoms with E-state index in [-0.39, 0.29) is 10.7 Å². The predicted molar refractivity (Wildman–Crippen MR) is 105 cm³/mol. The number of anilines is 3. The van der Waals surface area contributed by atoms with Crippen LogP contribution in [0.2, 0.25) is 5.02 Å². The zero-order chi connectivity index (χ0) is 19.4. The number of carbonyl (C=O) groups excluding carboxylic acids is 1. The summed E-state index contributed by atoms with van der Waals surface area (Å²) in [5.41, 5.74) is 2.64. The first-order chi connectivity index (χ1) is 12.9. The lowest BCUT2D eigenvalue weighted by atomic mass is 10.0. The highest BCUT2D eigenvalue weighted by molar-refractivity contribution is 6.31. The van der Waals surface area contributed by atoms with Gasteiger partial charge in [-0.1, -0.05) is 37.6 Å². The summed E-state index contributed by atoms with van der Waals surface area (Å²) in [5, 5.41) is 5.67. The van der Waals surface area contributed by atoms with Crippen molar-refractivity contribution in [1.82, 2.24) is 9.97 Å². The second-order valence-corrected chi connectivity index (χ2v) is 6.68. The van der Waals surface area contributed by atoms with E-state index in [9.17, 15) is 9.18 Å². The summed E-state index contributed by atoms with van der Waals surface area (Å²) in [5.74, 6) is -0.0226. The van der Waals surface area contributed by atoms with E-state index in [1.165, 1.54) is 36.2 Å². The molecule has 2 aromatic carbocycles. The predicted octanol–water partition coefficient (Wildman–Crippen LogP) is 5.39. The van der Waals surface area contributed by atoms with Gasteiger partial charge in [0.05, 0.1) is 17.4 Å². The Balaban J connectivity index is 1.65. The Bertz CT molecular complexity index is 943. The Morgan fingerprint density at radius 1 is 1.04 bits per heavy atom. The number of halogens is 2.